The molecule has 1 fully saturated rings. The molecule has 3 atom stereocenters. The van der Waals surface area contributed by atoms with E-state index in [1.165, 1.54) is 36.3 Å². The molecule has 1 aromatic rings. The minimum atomic E-state index is -1.74. The Balaban J connectivity index is 2.09. The lowest BCUT2D eigenvalue weighted by molar-refractivity contribution is -0.140. The van der Waals surface area contributed by atoms with Gasteiger partial charge < -0.3 is 35.6 Å². The van der Waals surface area contributed by atoms with Crippen molar-refractivity contribution < 1.29 is 38.8 Å². The van der Waals surface area contributed by atoms with Crippen molar-refractivity contribution >= 4 is 36.7 Å². The molecule has 1 aliphatic rings. The van der Waals surface area contributed by atoms with Crippen molar-refractivity contribution in [3.05, 3.63) is 35.4 Å². The van der Waals surface area contributed by atoms with Crippen LogP contribution in [0.2, 0.25) is 0 Å². The molecule has 0 bridgehead atoms. The molecule has 4 amide bonds. The maximum absolute atomic E-state index is 13.5. The predicted octanol–water partition coefficient (Wildman–Crippen LogP) is -0.512. The van der Waals surface area contributed by atoms with E-state index in [-0.39, 0.29) is 29.5 Å². The fourth-order valence-electron chi connectivity index (χ4n) is 4.17. The zero-order valence-corrected chi connectivity index (χ0v) is 22.4. The van der Waals surface area contributed by atoms with Crippen LogP contribution in [0.3, 0.4) is 0 Å². The third-order valence-corrected chi connectivity index (χ3v) is 6.44. The van der Waals surface area contributed by atoms with E-state index in [4.69, 9.17) is 0 Å². The Hall–Kier alpha value is -3.45. The van der Waals surface area contributed by atoms with Crippen molar-refractivity contribution in [3.8, 4) is 0 Å². The SMILES string of the molecule is COC(=O)CNC(=O)c1ccc(C(=O)N[C@H](C(=O)N2CCC[C@H]2C(=O)N[C@H](B(O)O)C(C)C)C(C)C)cc1. The molecule has 38 heavy (non-hydrogen) atoms. The van der Waals surface area contributed by atoms with Gasteiger partial charge >= 0.3 is 13.1 Å². The van der Waals surface area contributed by atoms with E-state index in [0.717, 1.165) is 0 Å². The standard InChI is InChI=1S/C25H37BN4O8/c1-14(2)20(25(35)30-12-6-7-18(30)24(34)29-21(15(3)4)26(36)37)28-23(33)17-10-8-16(9-11-17)22(32)27-13-19(31)38-5/h8-11,14-15,18,20-21,36-37H,6-7,12-13H2,1-5H3,(H,27,32)(H,28,33)(H,29,34)/t18-,20-,21-/m0/s1. The van der Waals surface area contributed by atoms with E-state index >= 15 is 0 Å². The van der Waals surface area contributed by atoms with Gasteiger partial charge in [-0.2, -0.15) is 0 Å². The minimum Gasteiger partial charge on any atom is -0.468 e. The summed E-state index contributed by atoms with van der Waals surface area (Å²) in [5.74, 6) is -3.92. The molecule has 0 unspecified atom stereocenters. The van der Waals surface area contributed by atoms with Gasteiger partial charge in [0.15, 0.2) is 0 Å². The van der Waals surface area contributed by atoms with Gasteiger partial charge in [0, 0.05) is 17.7 Å². The highest BCUT2D eigenvalue weighted by Crippen LogP contribution is 2.21. The summed E-state index contributed by atoms with van der Waals surface area (Å²) in [5, 5.41) is 27.0. The Kier molecular flexibility index (Phi) is 11.3. The Labute approximate surface area is 222 Å². The van der Waals surface area contributed by atoms with E-state index in [0.29, 0.717) is 19.4 Å². The number of methoxy groups -OCH3 is 1. The highest BCUT2D eigenvalue weighted by molar-refractivity contribution is 6.43. The third-order valence-electron chi connectivity index (χ3n) is 6.44. The quantitative estimate of drug-likeness (QED) is 0.187. The lowest BCUT2D eigenvalue weighted by atomic mass is 9.73. The van der Waals surface area contributed by atoms with Gasteiger partial charge in [-0.15, -0.1) is 0 Å². The number of benzene rings is 1. The monoisotopic (exact) mass is 532 g/mol. The second-order valence-electron chi connectivity index (χ2n) is 9.91. The molecular formula is C25H37BN4O8. The fraction of sp³-hybridized carbons (Fsp3) is 0.560. The van der Waals surface area contributed by atoms with Crippen LogP contribution >= 0.6 is 0 Å². The molecule has 1 heterocycles. The van der Waals surface area contributed by atoms with Gasteiger partial charge in [0.05, 0.1) is 13.1 Å². The Morgan fingerprint density at radius 3 is 2.05 bits per heavy atom. The molecule has 12 nitrogen and oxygen atoms in total. The second kappa shape index (κ2) is 13.9. The number of nitrogens with zero attached hydrogens (tertiary/aromatic N) is 1. The highest BCUT2D eigenvalue weighted by atomic mass is 16.5. The van der Waals surface area contributed by atoms with Crippen LogP contribution in [0.4, 0.5) is 0 Å². The van der Waals surface area contributed by atoms with Gasteiger partial charge in [-0.1, -0.05) is 27.7 Å². The maximum atomic E-state index is 13.5. The van der Waals surface area contributed by atoms with Crippen LogP contribution in [0.1, 0.15) is 61.3 Å². The van der Waals surface area contributed by atoms with Crippen LogP contribution in [0.15, 0.2) is 24.3 Å². The van der Waals surface area contributed by atoms with E-state index in [9.17, 15) is 34.0 Å². The lowest BCUT2D eigenvalue weighted by Crippen LogP contribution is -2.58. The Morgan fingerprint density at radius 1 is 0.974 bits per heavy atom. The van der Waals surface area contributed by atoms with Gasteiger partial charge in [0.1, 0.15) is 18.6 Å². The zero-order valence-electron chi connectivity index (χ0n) is 22.4. The molecule has 0 radical (unpaired) electrons. The van der Waals surface area contributed by atoms with Crippen LogP contribution in [0, 0.1) is 11.8 Å². The summed E-state index contributed by atoms with van der Waals surface area (Å²) >= 11 is 0. The van der Waals surface area contributed by atoms with Crippen molar-refractivity contribution in [3.63, 3.8) is 0 Å². The smallest absolute Gasteiger partial charge is 0.468 e. The number of likely N-dealkylation sites (tertiary alicyclic amines) is 1. The third kappa shape index (κ3) is 8.03. The average Bonchev–Trinajstić information content (AvgIpc) is 3.37. The number of hydrogen-bond acceptors (Lipinski definition) is 8. The van der Waals surface area contributed by atoms with Crippen LogP contribution in [-0.4, -0.2) is 89.9 Å². The van der Waals surface area contributed by atoms with Crippen LogP contribution in [0.5, 0.6) is 0 Å². The van der Waals surface area contributed by atoms with Crippen molar-refractivity contribution in [1.29, 1.82) is 0 Å². The van der Waals surface area contributed by atoms with Gasteiger partial charge in [0.2, 0.25) is 11.8 Å². The van der Waals surface area contributed by atoms with Gasteiger partial charge in [-0.3, -0.25) is 24.0 Å². The molecule has 1 saturated heterocycles. The van der Waals surface area contributed by atoms with E-state index in [1.54, 1.807) is 27.7 Å². The molecule has 5 N–H and O–H groups in total. The summed E-state index contributed by atoms with van der Waals surface area (Å²) in [7, 11) is -0.530. The minimum absolute atomic E-state index is 0.223. The number of esters is 1. The maximum Gasteiger partial charge on any atom is 0.475 e. The number of amides is 4. The zero-order chi connectivity index (χ0) is 28.6. The molecule has 0 aliphatic carbocycles. The number of nitrogens with one attached hydrogen (secondary N) is 3. The number of ether oxygens (including phenoxy) is 1. The number of rotatable bonds is 11. The molecule has 208 valence electrons. The summed E-state index contributed by atoms with van der Waals surface area (Å²) in [4.78, 5) is 64.1. The Bertz CT molecular complexity index is 1010. The van der Waals surface area contributed by atoms with Gasteiger partial charge in [-0.05, 0) is 48.9 Å². The van der Waals surface area contributed by atoms with Crippen molar-refractivity contribution in [1.82, 2.24) is 20.9 Å². The van der Waals surface area contributed by atoms with Crippen molar-refractivity contribution in [2.75, 3.05) is 20.2 Å². The first-order chi connectivity index (χ1) is 17.9. The van der Waals surface area contributed by atoms with E-state index in [1.807, 2.05) is 0 Å². The second-order valence-corrected chi connectivity index (χ2v) is 9.91. The largest absolute Gasteiger partial charge is 0.475 e. The van der Waals surface area contributed by atoms with Crippen LogP contribution < -0.4 is 16.0 Å². The topological polar surface area (TPSA) is 174 Å². The summed E-state index contributed by atoms with van der Waals surface area (Å²) in [6.07, 6.45) is 1.01. The molecule has 0 saturated carbocycles. The molecule has 1 aliphatic heterocycles. The van der Waals surface area contributed by atoms with Crippen molar-refractivity contribution in [2.45, 2.75) is 58.6 Å². The summed E-state index contributed by atoms with van der Waals surface area (Å²) in [5.41, 5.74) is 0.459. The first-order valence-electron chi connectivity index (χ1n) is 12.6. The van der Waals surface area contributed by atoms with E-state index < -0.39 is 54.7 Å². The number of carbonyl (C=O) groups excluding carboxylic acids is 5. The van der Waals surface area contributed by atoms with Crippen molar-refractivity contribution in [2.24, 2.45) is 11.8 Å². The molecule has 0 spiro atoms. The normalized spacial score (nSPS) is 16.6. The first-order valence-corrected chi connectivity index (χ1v) is 12.6. The van der Waals surface area contributed by atoms with Gasteiger partial charge in [-0.25, -0.2) is 0 Å². The first kappa shape index (κ1) is 30.8. The number of carbonyl (C=O) groups is 5. The summed E-state index contributed by atoms with van der Waals surface area (Å²) < 4.78 is 4.47. The molecule has 13 heteroatoms. The van der Waals surface area contributed by atoms with Gasteiger partial charge in [0.25, 0.3) is 11.8 Å². The fourth-order valence-corrected chi connectivity index (χ4v) is 4.17. The summed E-state index contributed by atoms with van der Waals surface area (Å²) in [6, 6.07) is 4.02. The molecule has 0 aromatic heterocycles. The highest BCUT2D eigenvalue weighted by Gasteiger charge is 2.40. The van der Waals surface area contributed by atoms with Crippen LogP contribution in [0.25, 0.3) is 0 Å². The number of hydrogen-bond donors (Lipinski definition) is 5. The lowest BCUT2D eigenvalue weighted by Gasteiger charge is -2.32. The predicted molar refractivity (Wildman–Crippen MR) is 139 cm³/mol. The van der Waals surface area contributed by atoms with E-state index in [2.05, 4.69) is 20.7 Å². The molecular weight excluding hydrogens is 495 g/mol. The molecule has 1 aromatic carbocycles. The average molecular weight is 532 g/mol. The van der Waals surface area contributed by atoms with Crippen LogP contribution in [-0.2, 0) is 19.1 Å². The summed E-state index contributed by atoms with van der Waals surface area (Å²) in [6.45, 7) is 7.09. The Morgan fingerprint density at radius 2 is 1.55 bits per heavy atom. The molecule has 2 rings (SSSR count).